The molecule has 0 atom stereocenters. The quantitative estimate of drug-likeness (QED) is 0.649. The second-order valence-corrected chi connectivity index (χ2v) is 2.17. The molecule has 1 rings (SSSR count). The molecule has 0 aliphatic heterocycles. The fourth-order valence-electron chi connectivity index (χ4n) is 0.696. The van der Waals surface area contributed by atoms with Crippen LogP contribution in [0.3, 0.4) is 0 Å². The van der Waals surface area contributed by atoms with E-state index in [1.54, 1.807) is 24.3 Å². The molecule has 2 nitrogen and oxygen atoms in total. The summed E-state index contributed by atoms with van der Waals surface area (Å²) in [5, 5.41) is 8.48. The van der Waals surface area contributed by atoms with E-state index in [2.05, 4.69) is 0 Å². The van der Waals surface area contributed by atoms with Crippen LogP contribution in [-0.2, 0) is 0 Å². The maximum atomic E-state index is 10.3. The summed E-state index contributed by atoms with van der Waals surface area (Å²) in [6.45, 7) is 1.92. The zero-order valence-corrected chi connectivity index (χ0v) is 5.66. The predicted octanol–water partition coefficient (Wildman–Crippen LogP) is 1.04. The van der Waals surface area contributed by atoms with E-state index in [9.17, 15) is 4.79 Å². The molecule has 0 saturated heterocycles. The van der Waals surface area contributed by atoms with Gasteiger partial charge in [-0.1, -0.05) is 17.7 Å². The molecule has 11 heavy (non-hydrogen) atoms. The third-order valence-electron chi connectivity index (χ3n) is 1.30. The van der Waals surface area contributed by atoms with Crippen LogP contribution in [0.4, 0.5) is 0 Å². The second kappa shape index (κ2) is 5.06. The number of carboxylic acid groups (broad SMARTS) is 1. The van der Waals surface area contributed by atoms with E-state index in [4.69, 9.17) is 5.11 Å². The van der Waals surface area contributed by atoms with E-state index in [-0.39, 0.29) is 51.4 Å². The van der Waals surface area contributed by atoms with Crippen molar-refractivity contribution < 1.29 is 9.90 Å². The number of carboxylic acids is 1. The molecular formula is C8H9KO2. The number of rotatable bonds is 1. The van der Waals surface area contributed by atoms with Crippen LogP contribution in [-0.4, -0.2) is 62.5 Å². The van der Waals surface area contributed by atoms with Gasteiger partial charge in [-0.25, -0.2) is 4.79 Å². The molecule has 0 aliphatic rings. The van der Waals surface area contributed by atoms with Crippen molar-refractivity contribution in [1.29, 1.82) is 0 Å². The summed E-state index contributed by atoms with van der Waals surface area (Å²) in [7, 11) is 0. The maximum absolute atomic E-state index is 10.3. The molecule has 0 saturated carbocycles. The molecule has 0 aliphatic carbocycles. The van der Waals surface area contributed by atoms with E-state index in [1.807, 2.05) is 6.92 Å². The van der Waals surface area contributed by atoms with Crippen molar-refractivity contribution in [2.45, 2.75) is 6.92 Å². The number of hydrogen-bond donors (Lipinski definition) is 1. The zero-order valence-electron chi connectivity index (χ0n) is 5.66. The normalized spacial score (nSPS) is 8.45. The number of hydrogen-bond acceptors (Lipinski definition) is 1. The molecule has 0 unspecified atom stereocenters. The van der Waals surface area contributed by atoms with Crippen LogP contribution in [0.25, 0.3) is 0 Å². The van der Waals surface area contributed by atoms with Crippen molar-refractivity contribution >= 4 is 57.4 Å². The monoisotopic (exact) mass is 176 g/mol. The zero-order chi connectivity index (χ0) is 7.56. The summed E-state index contributed by atoms with van der Waals surface area (Å²) in [6, 6.07) is 6.75. The molecule has 54 valence electrons. The number of carbonyl (C=O) groups is 1. The van der Waals surface area contributed by atoms with Gasteiger partial charge in [0.25, 0.3) is 0 Å². The van der Waals surface area contributed by atoms with Gasteiger partial charge in [0.2, 0.25) is 0 Å². The van der Waals surface area contributed by atoms with Crippen molar-refractivity contribution in [3.8, 4) is 0 Å². The number of aromatic carboxylic acids is 1. The van der Waals surface area contributed by atoms with E-state index >= 15 is 0 Å². The summed E-state index contributed by atoms with van der Waals surface area (Å²) >= 11 is 0. The molecule has 0 bridgehead atoms. The Kier molecular flexibility index (Phi) is 5.21. The molecule has 1 aromatic carbocycles. The fourth-order valence-corrected chi connectivity index (χ4v) is 0.696. The standard InChI is InChI=1S/C8H8O2.K.H/c1-6-2-4-7(5-3-6)8(9)10;;/h2-5H,1H3,(H,9,10);;. The molecule has 1 N–H and O–H groups in total. The van der Waals surface area contributed by atoms with Crippen LogP contribution in [0.5, 0.6) is 0 Å². The first-order valence-electron chi connectivity index (χ1n) is 3.00. The average molecular weight is 176 g/mol. The Labute approximate surface area is 108 Å². The number of benzene rings is 1. The predicted molar refractivity (Wildman–Crippen MR) is 45.3 cm³/mol. The van der Waals surface area contributed by atoms with Gasteiger partial charge in [0, 0.05) is 0 Å². The second-order valence-electron chi connectivity index (χ2n) is 2.17. The van der Waals surface area contributed by atoms with Gasteiger partial charge < -0.3 is 5.11 Å². The van der Waals surface area contributed by atoms with Crippen LogP contribution in [0.2, 0.25) is 0 Å². The summed E-state index contributed by atoms with van der Waals surface area (Å²) in [5.74, 6) is -0.875. The molecule has 3 heteroatoms. The molecule has 1 aromatic rings. The van der Waals surface area contributed by atoms with Crippen molar-refractivity contribution in [3.05, 3.63) is 35.4 Å². The molecular weight excluding hydrogens is 167 g/mol. The van der Waals surface area contributed by atoms with Gasteiger partial charge in [0.05, 0.1) is 5.56 Å². The fraction of sp³-hybridized carbons (Fsp3) is 0.125. The van der Waals surface area contributed by atoms with Crippen LogP contribution < -0.4 is 0 Å². The Morgan fingerprint density at radius 2 is 1.73 bits per heavy atom. The van der Waals surface area contributed by atoms with Crippen molar-refractivity contribution in [3.63, 3.8) is 0 Å². The Balaban J connectivity index is 0.000001000. The Morgan fingerprint density at radius 1 is 1.27 bits per heavy atom. The van der Waals surface area contributed by atoms with Crippen LogP contribution in [0.15, 0.2) is 24.3 Å². The van der Waals surface area contributed by atoms with Gasteiger partial charge in [-0.3, -0.25) is 0 Å². The Morgan fingerprint density at radius 3 is 2.09 bits per heavy atom. The van der Waals surface area contributed by atoms with Crippen LogP contribution in [0, 0.1) is 6.92 Å². The van der Waals surface area contributed by atoms with Gasteiger partial charge in [-0.05, 0) is 19.1 Å². The molecule has 0 aromatic heterocycles. The van der Waals surface area contributed by atoms with Gasteiger partial charge >= 0.3 is 57.4 Å². The van der Waals surface area contributed by atoms with Crippen molar-refractivity contribution in [2.24, 2.45) is 0 Å². The summed E-state index contributed by atoms with van der Waals surface area (Å²) in [5.41, 5.74) is 1.41. The third kappa shape index (κ3) is 3.49. The van der Waals surface area contributed by atoms with Crippen molar-refractivity contribution in [1.82, 2.24) is 0 Å². The summed E-state index contributed by atoms with van der Waals surface area (Å²) in [6.07, 6.45) is 0. The van der Waals surface area contributed by atoms with Crippen molar-refractivity contribution in [2.75, 3.05) is 0 Å². The van der Waals surface area contributed by atoms with Crippen LogP contribution in [0.1, 0.15) is 15.9 Å². The first-order chi connectivity index (χ1) is 4.70. The molecule has 0 fully saturated rings. The van der Waals surface area contributed by atoms with Crippen LogP contribution >= 0.6 is 0 Å². The minimum atomic E-state index is -0.875. The van der Waals surface area contributed by atoms with E-state index < -0.39 is 5.97 Å². The molecule has 0 radical (unpaired) electrons. The van der Waals surface area contributed by atoms with E-state index in [1.165, 1.54) is 0 Å². The Bertz CT molecular complexity index is 241. The molecule has 0 spiro atoms. The summed E-state index contributed by atoms with van der Waals surface area (Å²) in [4.78, 5) is 10.3. The SMILES string of the molecule is Cc1ccc(C(=O)O)cc1.[KH]. The molecule has 0 amide bonds. The Hall–Kier alpha value is 0.326. The molecule has 0 heterocycles. The average Bonchev–Trinajstić information content (AvgIpc) is 1.88. The van der Waals surface area contributed by atoms with Gasteiger partial charge in [-0.2, -0.15) is 0 Å². The first-order valence-corrected chi connectivity index (χ1v) is 3.00. The summed E-state index contributed by atoms with van der Waals surface area (Å²) < 4.78 is 0. The first kappa shape index (κ1) is 11.3. The third-order valence-corrected chi connectivity index (χ3v) is 1.30. The van der Waals surface area contributed by atoms with Gasteiger partial charge in [0.15, 0.2) is 0 Å². The van der Waals surface area contributed by atoms with E-state index in [0.29, 0.717) is 5.56 Å². The number of aryl methyl sites for hydroxylation is 1. The van der Waals surface area contributed by atoms with Gasteiger partial charge in [0.1, 0.15) is 0 Å². The van der Waals surface area contributed by atoms with E-state index in [0.717, 1.165) is 5.56 Å². The topological polar surface area (TPSA) is 37.3 Å². The van der Waals surface area contributed by atoms with Gasteiger partial charge in [-0.15, -0.1) is 0 Å². The minimum absolute atomic E-state index is 0.